The average Bonchev–Trinajstić information content (AvgIpc) is 2.85. The topological polar surface area (TPSA) is 38.7 Å². The van der Waals surface area contributed by atoms with E-state index in [0.29, 0.717) is 11.3 Å². The van der Waals surface area contributed by atoms with Gasteiger partial charge in [-0.15, -0.1) is 0 Å². The van der Waals surface area contributed by atoms with E-state index in [1.807, 2.05) is 56.3 Å². The predicted molar refractivity (Wildman–Crippen MR) is 83.0 cm³/mol. The SMILES string of the molecule is Cc1ccc(C)c(/C=C2/C(=O)ON=C2c2ccccc2)c1. The zero-order valence-electron chi connectivity index (χ0n) is 12.0. The lowest BCUT2D eigenvalue weighted by Gasteiger charge is -2.04. The molecule has 1 aliphatic heterocycles. The van der Waals surface area contributed by atoms with Gasteiger partial charge in [-0.1, -0.05) is 59.3 Å². The van der Waals surface area contributed by atoms with Crippen molar-refractivity contribution in [2.45, 2.75) is 13.8 Å². The molecule has 0 saturated carbocycles. The van der Waals surface area contributed by atoms with Crippen molar-refractivity contribution in [1.82, 2.24) is 0 Å². The summed E-state index contributed by atoms with van der Waals surface area (Å²) in [7, 11) is 0. The maximum atomic E-state index is 12.0. The number of oxime groups is 1. The van der Waals surface area contributed by atoms with Gasteiger partial charge in [0.1, 0.15) is 5.71 Å². The molecule has 2 aromatic rings. The molecule has 0 radical (unpaired) electrons. The Morgan fingerprint density at radius 3 is 2.57 bits per heavy atom. The molecule has 3 heteroatoms. The Bertz CT molecular complexity index is 758. The summed E-state index contributed by atoms with van der Waals surface area (Å²) in [4.78, 5) is 16.8. The lowest BCUT2D eigenvalue weighted by molar-refractivity contribution is -0.136. The summed E-state index contributed by atoms with van der Waals surface area (Å²) >= 11 is 0. The van der Waals surface area contributed by atoms with E-state index in [0.717, 1.165) is 22.3 Å². The summed E-state index contributed by atoms with van der Waals surface area (Å²) in [6.07, 6.45) is 1.85. The molecule has 1 aliphatic rings. The predicted octanol–water partition coefficient (Wildman–Crippen LogP) is 3.65. The molecule has 0 saturated heterocycles. The van der Waals surface area contributed by atoms with Gasteiger partial charge in [-0.3, -0.25) is 0 Å². The third-order valence-electron chi connectivity index (χ3n) is 3.48. The van der Waals surface area contributed by atoms with Gasteiger partial charge >= 0.3 is 5.97 Å². The second-order valence-corrected chi connectivity index (χ2v) is 5.10. The second kappa shape index (κ2) is 5.37. The maximum absolute atomic E-state index is 12.0. The number of carbonyl (C=O) groups excluding carboxylic acids is 1. The molecule has 3 nitrogen and oxygen atoms in total. The monoisotopic (exact) mass is 277 g/mol. The van der Waals surface area contributed by atoms with Crippen LogP contribution in [0.1, 0.15) is 22.3 Å². The fourth-order valence-corrected chi connectivity index (χ4v) is 2.28. The van der Waals surface area contributed by atoms with Crippen molar-refractivity contribution >= 4 is 17.8 Å². The van der Waals surface area contributed by atoms with Gasteiger partial charge in [-0.2, -0.15) is 0 Å². The molecule has 0 fully saturated rings. The highest BCUT2D eigenvalue weighted by Gasteiger charge is 2.26. The van der Waals surface area contributed by atoms with E-state index in [1.165, 1.54) is 0 Å². The number of hydrogen-bond acceptors (Lipinski definition) is 3. The minimum absolute atomic E-state index is 0.408. The Hall–Kier alpha value is -2.68. The summed E-state index contributed by atoms with van der Waals surface area (Å²) < 4.78 is 0. The minimum Gasteiger partial charge on any atom is -0.312 e. The lowest BCUT2D eigenvalue weighted by atomic mass is 9.98. The Kier molecular flexibility index (Phi) is 3.40. The van der Waals surface area contributed by atoms with Crippen molar-refractivity contribution < 1.29 is 9.63 Å². The van der Waals surface area contributed by atoms with Crippen molar-refractivity contribution in [3.05, 3.63) is 76.4 Å². The van der Waals surface area contributed by atoms with Crippen LogP contribution in [-0.4, -0.2) is 11.7 Å². The van der Waals surface area contributed by atoms with Crippen LogP contribution in [0.2, 0.25) is 0 Å². The molecular weight excluding hydrogens is 262 g/mol. The van der Waals surface area contributed by atoms with Crippen LogP contribution >= 0.6 is 0 Å². The summed E-state index contributed by atoms with van der Waals surface area (Å²) in [5.41, 5.74) is 5.22. The maximum Gasteiger partial charge on any atom is 0.368 e. The minimum atomic E-state index is -0.408. The first-order chi connectivity index (χ1) is 10.1. The fraction of sp³-hybridized carbons (Fsp3) is 0.111. The van der Waals surface area contributed by atoms with Crippen molar-refractivity contribution in [3.63, 3.8) is 0 Å². The summed E-state index contributed by atoms with van der Waals surface area (Å²) in [6, 6.07) is 15.7. The van der Waals surface area contributed by atoms with Crippen LogP contribution in [0.4, 0.5) is 0 Å². The van der Waals surface area contributed by atoms with Gasteiger partial charge in [0.05, 0.1) is 5.57 Å². The number of benzene rings is 2. The molecule has 0 unspecified atom stereocenters. The summed E-state index contributed by atoms with van der Waals surface area (Å²) in [5.74, 6) is -0.408. The zero-order valence-corrected chi connectivity index (χ0v) is 12.0. The fourth-order valence-electron chi connectivity index (χ4n) is 2.28. The van der Waals surface area contributed by atoms with Crippen LogP contribution in [0, 0.1) is 13.8 Å². The van der Waals surface area contributed by atoms with E-state index in [1.54, 1.807) is 0 Å². The molecular formula is C18H15NO2. The molecule has 2 aromatic carbocycles. The molecule has 21 heavy (non-hydrogen) atoms. The van der Waals surface area contributed by atoms with Crippen LogP contribution in [0.15, 0.2) is 59.3 Å². The summed E-state index contributed by atoms with van der Waals surface area (Å²) in [6.45, 7) is 4.05. The quantitative estimate of drug-likeness (QED) is 0.621. The van der Waals surface area contributed by atoms with Gasteiger partial charge in [0.15, 0.2) is 0 Å². The van der Waals surface area contributed by atoms with Crippen molar-refractivity contribution in [2.24, 2.45) is 5.16 Å². The van der Waals surface area contributed by atoms with Gasteiger partial charge in [-0.05, 0) is 31.1 Å². The van der Waals surface area contributed by atoms with Crippen LogP contribution in [-0.2, 0) is 9.63 Å². The van der Waals surface area contributed by atoms with E-state index in [9.17, 15) is 4.79 Å². The Balaban J connectivity index is 2.07. The number of aryl methyl sites for hydroxylation is 2. The van der Waals surface area contributed by atoms with Gasteiger partial charge in [0.25, 0.3) is 0 Å². The normalized spacial score (nSPS) is 16.0. The van der Waals surface area contributed by atoms with E-state index in [4.69, 9.17) is 4.84 Å². The smallest absolute Gasteiger partial charge is 0.312 e. The van der Waals surface area contributed by atoms with Crippen molar-refractivity contribution in [3.8, 4) is 0 Å². The molecule has 0 spiro atoms. The Labute approximate surface area is 123 Å². The highest BCUT2D eigenvalue weighted by atomic mass is 16.7. The van der Waals surface area contributed by atoms with Crippen LogP contribution in [0.3, 0.4) is 0 Å². The highest BCUT2D eigenvalue weighted by Crippen LogP contribution is 2.22. The summed E-state index contributed by atoms with van der Waals surface area (Å²) in [5, 5.41) is 3.92. The number of hydrogen-bond donors (Lipinski definition) is 0. The second-order valence-electron chi connectivity index (χ2n) is 5.10. The molecule has 0 amide bonds. The van der Waals surface area contributed by atoms with Crippen molar-refractivity contribution in [2.75, 3.05) is 0 Å². The first-order valence-electron chi connectivity index (χ1n) is 6.79. The largest absolute Gasteiger partial charge is 0.368 e. The standard InChI is InChI=1S/C18H15NO2/c1-12-8-9-13(2)15(10-12)11-16-17(19-21-18(16)20)14-6-4-3-5-7-14/h3-11H,1-2H3/b16-11+. The molecule has 0 aliphatic carbocycles. The number of rotatable bonds is 2. The van der Waals surface area contributed by atoms with E-state index in [-0.39, 0.29) is 0 Å². The first kappa shape index (κ1) is 13.3. The van der Waals surface area contributed by atoms with Crippen LogP contribution in [0.5, 0.6) is 0 Å². The average molecular weight is 277 g/mol. The number of nitrogens with zero attached hydrogens (tertiary/aromatic N) is 1. The third kappa shape index (κ3) is 2.63. The van der Waals surface area contributed by atoms with Gasteiger partial charge < -0.3 is 4.84 Å². The highest BCUT2D eigenvalue weighted by molar-refractivity contribution is 6.31. The van der Waals surface area contributed by atoms with Crippen LogP contribution in [0.25, 0.3) is 6.08 Å². The van der Waals surface area contributed by atoms with E-state index >= 15 is 0 Å². The molecule has 0 bridgehead atoms. The van der Waals surface area contributed by atoms with Gasteiger partial charge in [0, 0.05) is 5.56 Å². The number of carbonyl (C=O) groups is 1. The Morgan fingerprint density at radius 1 is 1.05 bits per heavy atom. The zero-order chi connectivity index (χ0) is 14.8. The first-order valence-corrected chi connectivity index (χ1v) is 6.79. The van der Waals surface area contributed by atoms with Crippen LogP contribution < -0.4 is 0 Å². The van der Waals surface area contributed by atoms with E-state index in [2.05, 4.69) is 17.3 Å². The third-order valence-corrected chi connectivity index (χ3v) is 3.48. The molecule has 104 valence electrons. The molecule has 0 aromatic heterocycles. The molecule has 0 N–H and O–H groups in total. The molecule has 0 atom stereocenters. The van der Waals surface area contributed by atoms with E-state index < -0.39 is 5.97 Å². The molecule has 1 heterocycles. The van der Waals surface area contributed by atoms with Gasteiger partial charge in [0.2, 0.25) is 0 Å². The van der Waals surface area contributed by atoms with Gasteiger partial charge in [-0.25, -0.2) is 4.79 Å². The van der Waals surface area contributed by atoms with Crippen molar-refractivity contribution in [1.29, 1.82) is 0 Å². The lowest BCUT2D eigenvalue weighted by Crippen LogP contribution is -2.07. The molecule has 3 rings (SSSR count). The Morgan fingerprint density at radius 2 is 1.81 bits per heavy atom.